The number of benzene rings is 2. The van der Waals surface area contributed by atoms with Gasteiger partial charge in [0.2, 0.25) is 0 Å². The van der Waals surface area contributed by atoms with Crippen molar-refractivity contribution in [3.05, 3.63) is 77.6 Å². The van der Waals surface area contributed by atoms with Gasteiger partial charge in [0.05, 0.1) is 16.8 Å². The molecule has 2 aromatic heterocycles. The number of rotatable bonds is 5. The summed E-state index contributed by atoms with van der Waals surface area (Å²) in [6.45, 7) is 4.01. The molecule has 0 radical (unpaired) electrons. The molecule has 2 heterocycles. The van der Waals surface area contributed by atoms with E-state index in [-0.39, 0.29) is 5.78 Å². The summed E-state index contributed by atoms with van der Waals surface area (Å²) in [7, 11) is 1.99. The van der Waals surface area contributed by atoms with E-state index in [2.05, 4.69) is 27.3 Å². The molecule has 2 aromatic carbocycles. The maximum absolute atomic E-state index is 12.8. The Hall–Kier alpha value is -2.79. The van der Waals surface area contributed by atoms with Gasteiger partial charge in [-0.1, -0.05) is 42.1 Å². The number of nitrogens with zero attached hydrogens (tertiary/aromatic N) is 3. The zero-order valence-electron chi connectivity index (χ0n) is 15.6. The Morgan fingerprint density at radius 3 is 2.44 bits per heavy atom. The molecular formula is C22H21N3OS. The number of fused-ring (bicyclic) bond motifs is 1. The highest BCUT2D eigenvalue weighted by atomic mass is 32.2. The summed E-state index contributed by atoms with van der Waals surface area (Å²) in [5.74, 6) is 0.494. The molecule has 5 heteroatoms. The van der Waals surface area contributed by atoms with Crippen LogP contribution in [0.5, 0.6) is 0 Å². The second kappa shape index (κ2) is 7.08. The number of aryl methyl sites for hydroxylation is 1. The third-order valence-electron chi connectivity index (χ3n) is 4.95. The Morgan fingerprint density at radius 2 is 1.74 bits per heavy atom. The minimum Gasteiger partial charge on any atom is -0.351 e. The van der Waals surface area contributed by atoms with E-state index in [0.717, 1.165) is 38.8 Å². The highest BCUT2D eigenvalue weighted by molar-refractivity contribution is 7.99. The molecule has 0 spiro atoms. The number of thioether (sulfide) groups is 1. The second-order valence-corrected chi connectivity index (χ2v) is 7.55. The molecule has 0 saturated heterocycles. The molecule has 0 fully saturated rings. The summed E-state index contributed by atoms with van der Waals surface area (Å²) in [6, 6.07) is 20.2. The van der Waals surface area contributed by atoms with Crippen LogP contribution in [-0.4, -0.2) is 25.7 Å². The van der Waals surface area contributed by atoms with Crippen LogP contribution in [0.4, 0.5) is 0 Å². The first-order valence-electron chi connectivity index (χ1n) is 8.88. The maximum atomic E-state index is 12.8. The van der Waals surface area contributed by atoms with E-state index >= 15 is 0 Å². The van der Waals surface area contributed by atoms with Crippen LogP contribution in [0, 0.1) is 13.8 Å². The van der Waals surface area contributed by atoms with Gasteiger partial charge in [-0.25, -0.2) is 4.98 Å². The fraction of sp³-hybridized carbons (Fsp3) is 0.182. The molecular weight excluding hydrogens is 354 g/mol. The third kappa shape index (κ3) is 3.19. The minimum absolute atomic E-state index is 0.132. The molecule has 0 N–H and O–H groups in total. The van der Waals surface area contributed by atoms with Gasteiger partial charge in [0, 0.05) is 29.7 Å². The molecule has 0 amide bonds. The lowest BCUT2D eigenvalue weighted by Gasteiger charge is -2.08. The lowest BCUT2D eigenvalue weighted by molar-refractivity contribution is 0.102. The maximum Gasteiger partial charge on any atom is 0.175 e. The van der Waals surface area contributed by atoms with E-state index in [1.165, 1.54) is 11.8 Å². The number of carbonyl (C=O) groups is 1. The van der Waals surface area contributed by atoms with Crippen LogP contribution in [0.15, 0.2) is 65.8 Å². The minimum atomic E-state index is 0.132. The highest BCUT2D eigenvalue weighted by Gasteiger charge is 2.17. The molecule has 0 unspecified atom stereocenters. The van der Waals surface area contributed by atoms with E-state index in [4.69, 9.17) is 4.98 Å². The van der Waals surface area contributed by atoms with E-state index in [1.807, 2.05) is 63.4 Å². The predicted octanol–water partition coefficient (Wildman–Crippen LogP) is 4.96. The highest BCUT2D eigenvalue weighted by Crippen LogP contribution is 2.28. The standard InChI is InChI=1S/C22H21N3OS/c1-15-13-18(16(2)24(15)3)21(26)14-27-22-23-19-11-7-8-12-20(19)25(22)17-9-5-4-6-10-17/h4-13H,14H2,1-3H3. The average molecular weight is 375 g/mol. The lowest BCUT2D eigenvalue weighted by atomic mass is 10.2. The van der Waals surface area contributed by atoms with Gasteiger partial charge in [-0.3, -0.25) is 9.36 Å². The number of ketones is 1. The molecule has 0 atom stereocenters. The SMILES string of the molecule is Cc1cc(C(=O)CSc2nc3ccccc3n2-c2ccccc2)c(C)n1C. The topological polar surface area (TPSA) is 39.8 Å². The van der Waals surface area contributed by atoms with E-state index in [9.17, 15) is 4.79 Å². The molecule has 0 aliphatic heterocycles. The summed E-state index contributed by atoms with van der Waals surface area (Å²) < 4.78 is 4.17. The van der Waals surface area contributed by atoms with Gasteiger partial charge in [0.25, 0.3) is 0 Å². The molecule has 4 aromatic rings. The van der Waals surface area contributed by atoms with Gasteiger partial charge in [-0.15, -0.1) is 0 Å². The van der Waals surface area contributed by atoms with Crippen molar-refractivity contribution in [2.75, 3.05) is 5.75 Å². The first kappa shape index (κ1) is 17.6. The first-order chi connectivity index (χ1) is 13.1. The number of carbonyl (C=O) groups excluding carboxylic acids is 1. The summed E-state index contributed by atoms with van der Waals surface area (Å²) in [5, 5.41) is 0.834. The second-order valence-electron chi connectivity index (χ2n) is 6.61. The van der Waals surface area contributed by atoms with Crippen molar-refractivity contribution in [3.63, 3.8) is 0 Å². The molecule has 0 aliphatic rings. The zero-order chi connectivity index (χ0) is 19.0. The Bertz CT molecular complexity index is 1130. The average Bonchev–Trinajstić information content (AvgIpc) is 3.19. The normalized spacial score (nSPS) is 11.2. The van der Waals surface area contributed by atoms with Crippen molar-refractivity contribution in [3.8, 4) is 5.69 Å². The Kier molecular flexibility index (Phi) is 4.62. The summed E-state index contributed by atoms with van der Waals surface area (Å²) in [6.07, 6.45) is 0. The van der Waals surface area contributed by atoms with Gasteiger partial charge in [0.1, 0.15) is 0 Å². The Labute approximate surface area is 162 Å². The molecule has 136 valence electrons. The van der Waals surface area contributed by atoms with Gasteiger partial charge < -0.3 is 4.57 Å². The van der Waals surface area contributed by atoms with E-state index in [0.29, 0.717) is 5.75 Å². The van der Waals surface area contributed by atoms with Gasteiger partial charge in [0.15, 0.2) is 10.9 Å². The molecule has 0 aliphatic carbocycles. The van der Waals surface area contributed by atoms with Gasteiger partial charge in [-0.05, 0) is 44.2 Å². The largest absolute Gasteiger partial charge is 0.351 e. The van der Waals surface area contributed by atoms with Crippen molar-refractivity contribution in [1.82, 2.24) is 14.1 Å². The van der Waals surface area contributed by atoms with Crippen molar-refractivity contribution >= 4 is 28.6 Å². The van der Waals surface area contributed by atoms with Crippen LogP contribution in [0.2, 0.25) is 0 Å². The number of hydrogen-bond acceptors (Lipinski definition) is 3. The smallest absolute Gasteiger partial charge is 0.175 e. The van der Waals surface area contributed by atoms with E-state index < -0.39 is 0 Å². The Morgan fingerprint density at radius 1 is 1.04 bits per heavy atom. The number of Topliss-reactive ketones (excluding diaryl/α,β-unsaturated/α-hetero) is 1. The summed E-state index contributed by atoms with van der Waals surface area (Å²) in [4.78, 5) is 17.6. The monoisotopic (exact) mass is 375 g/mol. The fourth-order valence-corrected chi connectivity index (χ4v) is 4.18. The number of imidazole rings is 1. The van der Waals surface area contributed by atoms with Crippen LogP contribution in [-0.2, 0) is 7.05 Å². The fourth-order valence-electron chi connectivity index (χ4n) is 3.27. The van der Waals surface area contributed by atoms with Crippen molar-refractivity contribution in [1.29, 1.82) is 0 Å². The van der Waals surface area contributed by atoms with Crippen LogP contribution in [0.1, 0.15) is 21.7 Å². The van der Waals surface area contributed by atoms with Crippen LogP contribution in [0.25, 0.3) is 16.7 Å². The zero-order valence-corrected chi connectivity index (χ0v) is 16.5. The van der Waals surface area contributed by atoms with Crippen molar-refractivity contribution in [2.24, 2.45) is 7.05 Å². The first-order valence-corrected chi connectivity index (χ1v) is 9.86. The lowest BCUT2D eigenvalue weighted by Crippen LogP contribution is -2.06. The van der Waals surface area contributed by atoms with Crippen LogP contribution < -0.4 is 0 Å². The third-order valence-corrected chi connectivity index (χ3v) is 5.89. The van der Waals surface area contributed by atoms with Crippen LogP contribution >= 0.6 is 11.8 Å². The Balaban J connectivity index is 1.68. The molecule has 4 nitrogen and oxygen atoms in total. The molecule has 0 bridgehead atoms. The number of aromatic nitrogens is 3. The van der Waals surface area contributed by atoms with Crippen LogP contribution in [0.3, 0.4) is 0 Å². The van der Waals surface area contributed by atoms with Gasteiger partial charge in [-0.2, -0.15) is 0 Å². The van der Waals surface area contributed by atoms with Crippen molar-refractivity contribution < 1.29 is 4.79 Å². The number of hydrogen-bond donors (Lipinski definition) is 0. The van der Waals surface area contributed by atoms with E-state index in [1.54, 1.807) is 0 Å². The number of para-hydroxylation sites is 3. The summed E-state index contributed by atoms with van der Waals surface area (Å²) in [5.41, 5.74) is 5.93. The van der Waals surface area contributed by atoms with Gasteiger partial charge >= 0.3 is 0 Å². The molecule has 4 rings (SSSR count). The van der Waals surface area contributed by atoms with Crippen molar-refractivity contribution in [2.45, 2.75) is 19.0 Å². The molecule has 0 saturated carbocycles. The quantitative estimate of drug-likeness (QED) is 0.366. The summed E-state index contributed by atoms with van der Waals surface area (Å²) >= 11 is 1.49. The predicted molar refractivity (Wildman–Crippen MR) is 111 cm³/mol. The molecule has 27 heavy (non-hydrogen) atoms.